The van der Waals surface area contributed by atoms with Crippen LogP contribution in [-0.2, 0) is 0 Å². The van der Waals surface area contributed by atoms with Gasteiger partial charge in [-0.3, -0.25) is 0 Å². The van der Waals surface area contributed by atoms with E-state index in [0.29, 0.717) is 0 Å². The Labute approximate surface area is 75.9 Å². The van der Waals surface area contributed by atoms with E-state index in [0.717, 1.165) is 0 Å². The van der Waals surface area contributed by atoms with Gasteiger partial charge in [0, 0.05) is 18.8 Å². The first kappa shape index (κ1) is 12.9. The van der Waals surface area contributed by atoms with Crippen LogP contribution in [0.1, 0.15) is 0 Å². The summed E-state index contributed by atoms with van der Waals surface area (Å²) in [4.78, 5) is 0. The van der Waals surface area contributed by atoms with Crippen molar-refractivity contribution < 1.29 is 17.9 Å². The van der Waals surface area contributed by atoms with Crippen molar-refractivity contribution in [1.82, 2.24) is 10.7 Å². The molecule has 0 rings (SSSR count). The standard InChI is InChI=1S/C6H14F4N2Si/c1-13(2,3)5-6(12(9)10)4-11(7)8/h6H,4-5H2,1-3H3. The third-order valence-corrected chi connectivity index (χ3v) is 3.17. The fraction of sp³-hybridized carbons (Fsp3) is 1.00. The molecule has 1 atom stereocenters. The number of nitrogens with zero attached hydrogens (tertiary/aromatic N) is 2. The highest BCUT2D eigenvalue weighted by Crippen LogP contribution is 2.18. The lowest BCUT2D eigenvalue weighted by Gasteiger charge is -2.23. The molecule has 2 nitrogen and oxygen atoms in total. The normalized spacial score (nSPS) is 15.5. The first-order valence-electron chi connectivity index (χ1n) is 3.92. The summed E-state index contributed by atoms with van der Waals surface area (Å²) in [5.74, 6) is 0. The summed E-state index contributed by atoms with van der Waals surface area (Å²) in [6, 6.07) is -1.20. The van der Waals surface area contributed by atoms with Gasteiger partial charge in [0.1, 0.15) is 0 Å². The Morgan fingerprint density at radius 1 is 1.08 bits per heavy atom. The van der Waals surface area contributed by atoms with E-state index in [-0.39, 0.29) is 6.04 Å². The number of rotatable bonds is 5. The van der Waals surface area contributed by atoms with Crippen molar-refractivity contribution in [2.45, 2.75) is 31.7 Å². The molecule has 0 spiro atoms. The highest BCUT2D eigenvalue weighted by atomic mass is 28.3. The second-order valence-corrected chi connectivity index (χ2v) is 9.69. The van der Waals surface area contributed by atoms with Crippen molar-refractivity contribution in [3.63, 3.8) is 0 Å². The molecule has 0 heterocycles. The highest BCUT2D eigenvalue weighted by molar-refractivity contribution is 6.76. The third kappa shape index (κ3) is 6.97. The lowest BCUT2D eigenvalue weighted by atomic mass is 10.4. The molecular formula is C6H14F4N2Si. The molecular weight excluding hydrogens is 204 g/mol. The smallest absolute Gasteiger partial charge is 0.0887 e. The quantitative estimate of drug-likeness (QED) is 0.398. The lowest BCUT2D eigenvalue weighted by Crippen LogP contribution is -2.37. The minimum Gasteiger partial charge on any atom is -0.101 e. The predicted octanol–water partition coefficient (Wildman–Crippen LogP) is 2.84. The number of hydrogen-bond acceptors (Lipinski definition) is 2. The molecule has 0 saturated carbocycles. The summed E-state index contributed by atoms with van der Waals surface area (Å²) in [5.41, 5.74) is 0. The van der Waals surface area contributed by atoms with Crippen LogP contribution in [0.25, 0.3) is 0 Å². The molecule has 0 fully saturated rings. The lowest BCUT2D eigenvalue weighted by molar-refractivity contribution is -0.225. The van der Waals surface area contributed by atoms with Gasteiger partial charge in [-0.2, -0.15) is 0 Å². The largest absolute Gasteiger partial charge is 0.101 e. The third-order valence-electron chi connectivity index (χ3n) is 1.47. The second-order valence-electron chi connectivity index (χ2n) is 4.16. The van der Waals surface area contributed by atoms with Crippen LogP contribution in [0.4, 0.5) is 17.9 Å². The van der Waals surface area contributed by atoms with Gasteiger partial charge in [-0.05, 0) is 6.04 Å². The van der Waals surface area contributed by atoms with Crippen LogP contribution >= 0.6 is 0 Å². The Hall–Kier alpha value is -0.143. The van der Waals surface area contributed by atoms with Gasteiger partial charge in [0.2, 0.25) is 0 Å². The Morgan fingerprint density at radius 2 is 1.54 bits per heavy atom. The Bertz CT molecular complexity index is 148. The van der Waals surface area contributed by atoms with Crippen molar-refractivity contribution in [1.29, 1.82) is 0 Å². The SMILES string of the molecule is C[Si](C)(C)CC(CN(F)F)N(F)F. The van der Waals surface area contributed by atoms with Crippen LogP contribution < -0.4 is 0 Å². The van der Waals surface area contributed by atoms with Gasteiger partial charge in [-0.25, -0.2) is 0 Å². The number of halogens is 4. The van der Waals surface area contributed by atoms with Gasteiger partial charge in [0.25, 0.3) is 0 Å². The second kappa shape index (κ2) is 4.92. The zero-order valence-corrected chi connectivity index (χ0v) is 8.90. The van der Waals surface area contributed by atoms with Gasteiger partial charge in [-0.1, -0.05) is 19.6 Å². The van der Waals surface area contributed by atoms with E-state index in [2.05, 4.69) is 0 Å². The van der Waals surface area contributed by atoms with Crippen LogP contribution in [0.15, 0.2) is 0 Å². The molecule has 1 unspecified atom stereocenters. The molecule has 0 saturated heterocycles. The van der Waals surface area contributed by atoms with E-state index < -0.39 is 31.3 Å². The van der Waals surface area contributed by atoms with E-state index in [1.165, 1.54) is 0 Å². The predicted molar refractivity (Wildman–Crippen MR) is 44.9 cm³/mol. The summed E-state index contributed by atoms with van der Waals surface area (Å²) < 4.78 is 47.6. The molecule has 0 aliphatic rings. The van der Waals surface area contributed by atoms with E-state index in [1.807, 2.05) is 19.6 Å². The maximum atomic E-state index is 12.1. The minimum atomic E-state index is -1.73. The van der Waals surface area contributed by atoms with E-state index >= 15 is 0 Å². The minimum absolute atomic E-state index is 0.157. The van der Waals surface area contributed by atoms with Gasteiger partial charge in [0.15, 0.2) is 0 Å². The van der Waals surface area contributed by atoms with Crippen molar-refractivity contribution in [3.05, 3.63) is 0 Å². The van der Waals surface area contributed by atoms with Gasteiger partial charge in [0.05, 0.1) is 12.6 Å². The Morgan fingerprint density at radius 3 is 1.77 bits per heavy atom. The molecule has 0 aromatic rings. The van der Waals surface area contributed by atoms with Crippen molar-refractivity contribution in [3.8, 4) is 0 Å². The zero-order chi connectivity index (χ0) is 10.6. The highest BCUT2D eigenvalue weighted by Gasteiger charge is 2.28. The average molecular weight is 218 g/mol. The molecule has 0 amide bonds. The van der Waals surface area contributed by atoms with Crippen LogP contribution in [-0.4, -0.2) is 31.3 Å². The zero-order valence-electron chi connectivity index (χ0n) is 7.90. The molecule has 0 radical (unpaired) electrons. The van der Waals surface area contributed by atoms with Gasteiger partial charge < -0.3 is 0 Å². The molecule has 7 heteroatoms. The summed E-state index contributed by atoms with van der Waals surface area (Å²) >= 11 is 0. The first-order valence-corrected chi connectivity index (χ1v) is 7.63. The molecule has 0 aliphatic carbocycles. The topological polar surface area (TPSA) is 6.48 Å². The van der Waals surface area contributed by atoms with Crippen LogP contribution in [0.5, 0.6) is 0 Å². The maximum absolute atomic E-state index is 12.1. The average Bonchev–Trinajstić information content (AvgIpc) is 1.81. The van der Waals surface area contributed by atoms with Crippen LogP contribution in [0.3, 0.4) is 0 Å². The van der Waals surface area contributed by atoms with Gasteiger partial charge >= 0.3 is 0 Å². The van der Waals surface area contributed by atoms with Gasteiger partial charge in [-0.15, -0.1) is 17.9 Å². The fourth-order valence-electron chi connectivity index (χ4n) is 1.06. The maximum Gasteiger partial charge on any atom is 0.0887 e. The molecule has 80 valence electrons. The summed E-state index contributed by atoms with van der Waals surface area (Å²) in [5, 5.41) is -2.32. The Balaban J connectivity index is 4.11. The van der Waals surface area contributed by atoms with Crippen molar-refractivity contribution >= 4 is 8.07 Å². The summed E-state index contributed by atoms with van der Waals surface area (Å²) in [7, 11) is -1.73. The molecule has 13 heavy (non-hydrogen) atoms. The molecule has 0 bridgehead atoms. The van der Waals surface area contributed by atoms with Crippen molar-refractivity contribution in [2.24, 2.45) is 0 Å². The van der Waals surface area contributed by atoms with E-state index in [9.17, 15) is 17.9 Å². The molecule has 0 aromatic heterocycles. The van der Waals surface area contributed by atoms with Crippen molar-refractivity contribution in [2.75, 3.05) is 6.54 Å². The van der Waals surface area contributed by atoms with Crippen LogP contribution in [0.2, 0.25) is 25.7 Å². The molecule has 0 aromatic carbocycles. The fourth-order valence-corrected chi connectivity index (χ4v) is 2.74. The summed E-state index contributed by atoms with van der Waals surface area (Å²) in [6.07, 6.45) is 0. The Kier molecular flexibility index (Phi) is 4.86. The molecule has 0 aliphatic heterocycles. The number of hydrogen-bond donors (Lipinski definition) is 0. The monoisotopic (exact) mass is 218 g/mol. The van der Waals surface area contributed by atoms with E-state index in [1.54, 1.807) is 0 Å². The van der Waals surface area contributed by atoms with E-state index in [4.69, 9.17) is 0 Å². The van der Waals surface area contributed by atoms with Crippen LogP contribution in [0, 0.1) is 0 Å². The summed E-state index contributed by atoms with van der Waals surface area (Å²) in [6.45, 7) is 4.69. The molecule has 0 N–H and O–H groups in total. The first-order chi connectivity index (χ1) is 5.72.